The number of rotatable bonds is 5. The van der Waals surface area contributed by atoms with Crippen LogP contribution >= 0.6 is 0 Å². The van der Waals surface area contributed by atoms with Gasteiger partial charge in [-0.2, -0.15) is 0 Å². The van der Waals surface area contributed by atoms with Crippen molar-refractivity contribution in [2.75, 3.05) is 0 Å². The molecule has 6 nitrogen and oxygen atoms in total. The van der Waals surface area contributed by atoms with Crippen molar-refractivity contribution in [3.8, 4) is 5.69 Å². The van der Waals surface area contributed by atoms with Crippen LogP contribution < -0.4 is 16.6 Å². The number of halogens is 1. The molecule has 1 amide bonds. The van der Waals surface area contributed by atoms with Crippen molar-refractivity contribution < 1.29 is 9.18 Å². The molecule has 0 bridgehead atoms. The number of carbonyl (C=O) groups excluding carboxylic acids is 1. The van der Waals surface area contributed by atoms with Crippen LogP contribution in [0.2, 0.25) is 0 Å². The van der Waals surface area contributed by atoms with Gasteiger partial charge in [0.15, 0.2) is 0 Å². The summed E-state index contributed by atoms with van der Waals surface area (Å²) in [5, 5.41) is 3.08. The Kier molecular flexibility index (Phi) is 5.49. The molecule has 0 saturated heterocycles. The third-order valence-corrected chi connectivity index (χ3v) is 5.12. The summed E-state index contributed by atoms with van der Waals surface area (Å²) in [7, 11) is 0. The van der Waals surface area contributed by atoms with Crippen LogP contribution in [0.4, 0.5) is 4.39 Å². The molecule has 0 spiro atoms. The molecule has 31 heavy (non-hydrogen) atoms. The van der Waals surface area contributed by atoms with Gasteiger partial charge in [-0.3, -0.25) is 14.2 Å². The first-order valence-corrected chi connectivity index (χ1v) is 9.81. The smallest absolute Gasteiger partial charge is 0.336 e. The fourth-order valence-corrected chi connectivity index (χ4v) is 3.58. The van der Waals surface area contributed by atoms with Crippen LogP contribution in [-0.4, -0.2) is 15.0 Å². The predicted octanol–water partition coefficient (Wildman–Crippen LogP) is 3.17. The number of fused-ring (bicyclic) bond motifs is 1. The topological polar surface area (TPSA) is 73.1 Å². The summed E-state index contributed by atoms with van der Waals surface area (Å²) in [6, 6.07) is 21.2. The maximum atomic E-state index is 14.4. The SMILES string of the molecule is C[C@H](NC(=O)Cn1c(=O)n(-c2ccccc2F)c(=O)c2ccccc21)c1ccccc1. The van der Waals surface area contributed by atoms with Gasteiger partial charge in [-0.15, -0.1) is 0 Å². The fraction of sp³-hybridized carbons (Fsp3) is 0.125. The summed E-state index contributed by atoms with van der Waals surface area (Å²) >= 11 is 0. The molecule has 1 atom stereocenters. The van der Waals surface area contributed by atoms with Gasteiger partial charge in [-0.25, -0.2) is 13.8 Å². The van der Waals surface area contributed by atoms with Crippen molar-refractivity contribution in [1.29, 1.82) is 0 Å². The van der Waals surface area contributed by atoms with Crippen molar-refractivity contribution in [3.05, 3.63) is 111 Å². The molecule has 0 aliphatic carbocycles. The summed E-state index contributed by atoms with van der Waals surface area (Å²) in [6.07, 6.45) is 0. The Morgan fingerprint density at radius 3 is 2.32 bits per heavy atom. The lowest BCUT2D eigenvalue weighted by atomic mass is 10.1. The average Bonchev–Trinajstić information content (AvgIpc) is 2.78. The maximum Gasteiger partial charge on any atom is 0.336 e. The Bertz CT molecular complexity index is 1380. The van der Waals surface area contributed by atoms with E-state index >= 15 is 0 Å². The average molecular weight is 417 g/mol. The largest absolute Gasteiger partial charge is 0.348 e. The van der Waals surface area contributed by atoms with E-state index in [1.807, 2.05) is 37.3 Å². The molecule has 7 heteroatoms. The number of amides is 1. The van der Waals surface area contributed by atoms with E-state index < -0.39 is 23.0 Å². The molecule has 0 unspecified atom stereocenters. The predicted molar refractivity (Wildman–Crippen MR) is 117 cm³/mol. The van der Waals surface area contributed by atoms with Crippen LogP contribution in [0, 0.1) is 5.82 Å². The Labute approximate surface area is 177 Å². The zero-order valence-corrected chi connectivity index (χ0v) is 16.8. The summed E-state index contributed by atoms with van der Waals surface area (Å²) in [5.41, 5.74) is -0.344. The van der Waals surface area contributed by atoms with E-state index in [0.717, 1.165) is 10.1 Å². The number of aromatic nitrogens is 2. The van der Waals surface area contributed by atoms with Crippen LogP contribution in [0.5, 0.6) is 0 Å². The van der Waals surface area contributed by atoms with E-state index in [9.17, 15) is 18.8 Å². The Morgan fingerprint density at radius 2 is 1.58 bits per heavy atom. The van der Waals surface area contributed by atoms with E-state index in [4.69, 9.17) is 0 Å². The summed E-state index contributed by atoms with van der Waals surface area (Å²) < 4.78 is 16.4. The highest BCUT2D eigenvalue weighted by molar-refractivity contribution is 5.82. The molecule has 156 valence electrons. The van der Waals surface area contributed by atoms with Gasteiger partial charge < -0.3 is 5.32 Å². The van der Waals surface area contributed by atoms with Crippen molar-refractivity contribution in [3.63, 3.8) is 0 Å². The van der Waals surface area contributed by atoms with Crippen LogP contribution in [0.15, 0.2) is 88.5 Å². The molecular formula is C24H20FN3O3. The molecular weight excluding hydrogens is 397 g/mol. The van der Waals surface area contributed by atoms with Crippen molar-refractivity contribution >= 4 is 16.8 Å². The third-order valence-electron chi connectivity index (χ3n) is 5.12. The lowest BCUT2D eigenvalue weighted by Crippen LogP contribution is -2.42. The molecule has 0 fully saturated rings. The molecule has 0 aliphatic heterocycles. The third kappa shape index (κ3) is 3.90. The molecule has 0 aliphatic rings. The molecule has 1 N–H and O–H groups in total. The Morgan fingerprint density at radius 1 is 0.935 bits per heavy atom. The van der Waals surface area contributed by atoms with Gasteiger partial charge in [0.05, 0.1) is 22.6 Å². The molecule has 0 radical (unpaired) electrons. The monoisotopic (exact) mass is 417 g/mol. The molecule has 4 aromatic rings. The fourth-order valence-electron chi connectivity index (χ4n) is 3.58. The van der Waals surface area contributed by atoms with Crippen LogP contribution in [0.25, 0.3) is 16.6 Å². The molecule has 4 rings (SSSR count). The number of benzene rings is 3. The van der Waals surface area contributed by atoms with Gasteiger partial charge in [-0.05, 0) is 36.8 Å². The van der Waals surface area contributed by atoms with Gasteiger partial charge in [-0.1, -0.05) is 54.6 Å². The zero-order valence-electron chi connectivity index (χ0n) is 16.8. The first-order valence-electron chi connectivity index (χ1n) is 9.81. The molecule has 1 aromatic heterocycles. The van der Waals surface area contributed by atoms with E-state index in [1.165, 1.54) is 28.8 Å². The van der Waals surface area contributed by atoms with Crippen molar-refractivity contribution in [1.82, 2.24) is 14.5 Å². The number of nitrogens with one attached hydrogen (secondary N) is 1. The van der Waals surface area contributed by atoms with Gasteiger partial charge in [0.25, 0.3) is 5.56 Å². The van der Waals surface area contributed by atoms with Gasteiger partial charge in [0.2, 0.25) is 5.91 Å². The quantitative estimate of drug-likeness (QED) is 0.542. The summed E-state index contributed by atoms with van der Waals surface area (Å²) in [4.78, 5) is 39.0. The highest BCUT2D eigenvalue weighted by Gasteiger charge is 2.19. The second-order valence-corrected chi connectivity index (χ2v) is 7.18. The Balaban J connectivity index is 1.79. The normalized spacial score (nSPS) is 11.9. The Hall–Kier alpha value is -4.00. The van der Waals surface area contributed by atoms with Gasteiger partial charge in [0.1, 0.15) is 12.4 Å². The summed E-state index contributed by atoms with van der Waals surface area (Å²) in [6.45, 7) is 1.53. The van der Waals surface area contributed by atoms with Gasteiger partial charge >= 0.3 is 5.69 Å². The first kappa shape index (κ1) is 20.3. The van der Waals surface area contributed by atoms with E-state index in [-0.39, 0.29) is 23.7 Å². The second kappa shape index (κ2) is 8.39. The zero-order chi connectivity index (χ0) is 22.0. The lowest BCUT2D eigenvalue weighted by Gasteiger charge is -2.17. The molecule has 3 aromatic carbocycles. The van der Waals surface area contributed by atoms with Crippen molar-refractivity contribution in [2.45, 2.75) is 19.5 Å². The highest BCUT2D eigenvalue weighted by Crippen LogP contribution is 2.14. The van der Waals surface area contributed by atoms with Crippen LogP contribution in [-0.2, 0) is 11.3 Å². The number of carbonyl (C=O) groups is 1. The minimum absolute atomic E-state index is 0.157. The number of hydrogen-bond acceptors (Lipinski definition) is 3. The summed E-state index contributed by atoms with van der Waals surface area (Å²) in [5.74, 6) is -1.10. The number of hydrogen-bond donors (Lipinski definition) is 1. The van der Waals surface area contributed by atoms with Crippen LogP contribution in [0.3, 0.4) is 0 Å². The minimum atomic E-state index is -0.781. The van der Waals surface area contributed by atoms with Crippen LogP contribution in [0.1, 0.15) is 18.5 Å². The number of nitrogens with zero attached hydrogens (tertiary/aromatic N) is 2. The van der Waals surface area contributed by atoms with E-state index in [0.29, 0.717) is 5.52 Å². The minimum Gasteiger partial charge on any atom is -0.348 e. The molecule has 0 saturated carbocycles. The maximum absolute atomic E-state index is 14.4. The first-order chi connectivity index (χ1) is 15.0. The van der Waals surface area contributed by atoms with Crippen molar-refractivity contribution in [2.24, 2.45) is 0 Å². The number of para-hydroxylation sites is 2. The van der Waals surface area contributed by atoms with E-state index in [2.05, 4.69) is 5.32 Å². The molecule has 1 heterocycles. The van der Waals surface area contributed by atoms with E-state index in [1.54, 1.807) is 24.3 Å². The lowest BCUT2D eigenvalue weighted by molar-refractivity contribution is -0.122. The second-order valence-electron chi connectivity index (χ2n) is 7.18. The van der Waals surface area contributed by atoms with Gasteiger partial charge in [0, 0.05) is 0 Å². The highest BCUT2D eigenvalue weighted by atomic mass is 19.1. The standard InChI is InChI=1S/C24H20FN3O3/c1-16(17-9-3-2-4-10-17)26-22(29)15-27-20-13-7-5-11-18(20)23(30)28(24(27)31)21-14-8-6-12-19(21)25/h2-14,16H,15H2,1H3,(H,26,29)/t16-/m0/s1.